The zero-order valence-electron chi connectivity index (χ0n) is 11.6. The lowest BCUT2D eigenvalue weighted by Gasteiger charge is -2.19. The zero-order chi connectivity index (χ0) is 14.7. The predicted molar refractivity (Wildman–Crippen MR) is 84.4 cm³/mol. The average molecular weight is 336 g/mol. The highest BCUT2D eigenvalue weighted by Crippen LogP contribution is 2.26. The molecule has 0 aliphatic heterocycles. The monoisotopic (exact) mass is 335 g/mol. The molecule has 1 amide bonds. The van der Waals surface area contributed by atoms with E-state index in [1.807, 2.05) is 24.3 Å². The van der Waals surface area contributed by atoms with Crippen LogP contribution in [0.4, 0.5) is 0 Å². The third-order valence-electron chi connectivity index (χ3n) is 3.34. The van der Waals surface area contributed by atoms with E-state index < -0.39 is 0 Å². The average Bonchev–Trinajstić information content (AvgIpc) is 2.46. The van der Waals surface area contributed by atoms with Crippen LogP contribution in [0.15, 0.2) is 34.9 Å². The Hall–Kier alpha value is -1.46. The molecule has 1 heterocycles. The SMILES string of the molecule is CN(C)C(=O)C(CN)Cc1ccc(Br)c2cccnc12. The molecule has 20 heavy (non-hydrogen) atoms. The van der Waals surface area contributed by atoms with Gasteiger partial charge in [-0.2, -0.15) is 0 Å². The summed E-state index contributed by atoms with van der Waals surface area (Å²) in [4.78, 5) is 18.1. The number of benzene rings is 1. The third-order valence-corrected chi connectivity index (χ3v) is 4.03. The second kappa shape index (κ2) is 6.33. The van der Waals surface area contributed by atoms with E-state index in [4.69, 9.17) is 5.73 Å². The Morgan fingerprint density at radius 2 is 2.15 bits per heavy atom. The molecule has 1 aromatic heterocycles. The van der Waals surface area contributed by atoms with E-state index in [-0.39, 0.29) is 11.8 Å². The van der Waals surface area contributed by atoms with Crippen molar-refractivity contribution in [3.8, 4) is 0 Å². The number of rotatable bonds is 4. The van der Waals surface area contributed by atoms with Gasteiger partial charge in [-0.1, -0.05) is 28.1 Å². The summed E-state index contributed by atoms with van der Waals surface area (Å²) < 4.78 is 1.01. The van der Waals surface area contributed by atoms with Gasteiger partial charge in [0.05, 0.1) is 11.4 Å². The Balaban J connectivity index is 2.38. The van der Waals surface area contributed by atoms with E-state index in [2.05, 4.69) is 20.9 Å². The molecule has 2 aromatic rings. The van der Waals surface area contributed by atoms with E-state index in [9.17, 15) is 4.79 Å². The summed E-state index contributed by atoms with van der Waals surface area (Å²) in [6.45, 7) is 0.335. The number of carbonyl (C=O) groups is 1. The fourth-order valence-electron chi connectivity index (χ4n) is 2.26. The van der Waals surface area contributed by atoms with Crippen molar-refractivity contribution in [3.63, 3.8) is 0 Å². The van der Waals surface area contributed by atoms with Crippen LogP contribution in [-0.2, 0) is 11.2 Å². The zero-order valence-corrected chi connectivity index (χ0v) is 13.2. The van der Waals surface area contributed by atoms with Crippen molar-refractivity contribution in [3.05, 3.63) is 40.5 Å². The molecule has 0 saturated heterocycles. The lowest BCUT2D eigenvalue weighted by molar-refractivity contribution is -0.132. The summed E-state index contributed by atoms with van der Waals surface area (Å²) in [6.07, 6.45) is 2.37. The van der Waals surface area contributed by atoms with Crippen LogP contribution in [0.1, 0.15) is 5.56 Å². The van der Waals surface area contributed by atoms with Gasteiger partial charge in [-0.15, -0.1) is 0 Å². The van der Waals surface area contributed by atoms with Gasteiger partial charge in [0.15, 0.2) is 0 Å². The molecule has 2 N–H and O–H groups in total. The molecule has 0 aliphatic carbocycles. The maximum atomic E-state index is 12.1. The maximum absolute atomic E-state index is 12.1. The van der Waals surface area contributed by atoms with Crippen molar-refractivity contribution >= 4 is 32.7 Å². The van der Waals surface area contributed by atoms with E-state index in [1.165, 1.54) is 0 Å². The number of nitrogens with zero attached hydrogens (tertiary/aromatic N) is 2. The highest BCUT2D eigenvalue weighted by Gasteiger charge is 2.20. The molecule has 5 heteroatoms. The fourth-order valence-corrected chi connectivity index (χ4v) is 2.72. The molecule has 0 radical (unpaired) electrons. The topological polar surface area (TPSA) is 59.2 Å². The Bertz CT molecular complexity index is 628. The number of hydrogen-bond donors (Lipinski definition) is 1. The standard InChI is InChI=1S/C15H18BrN3O/c1-19(2)15(20)11(9-17)8-10-5-6-13(16)12-4-3-7-18-14(10)12/h3-7,11H,8-9,17H2,1-2H3. The second-order valence-corrected chi connectivity index (χ2v) is 5.83. The minimum Gasteiger partial charge on any atom is -0.349 e. The van der Waals surface area contributed by atoms with Crippen molar-refractivity contribution in [1.29, 1.82) is 0 Å². The molecule has 2 rings (SSSR count). The van der Waals surface area contributed by atoms with E-state index in [0.717, 1.165) is 20.9 Å². The molecule has 0 fully saturated rings. The Kier molecular flexibility index (Phi) is 4.73. The number of halogens is 1. The molecular formula is C15H18BrN3O. The van der Waals surface area contributed by atoms with Crippen LogP contribution in [0.5, 0.6) is 0 Å². The number of aromatic nitrogens is 1. The lowest BCUT2D eigenvalue weighted by atomic mass is 9.96. The smallest absolute Gasteiger partial charge is 0.226 e. The molecule has 1 unspecified atom stereocenters. The highest BCUT2D eigenvalue weighted by atomic mass is 79.9. The van der Waals surface area contributed by atoms with Crippen molar-refractivity contribution < 1.29 is 4.79 Å². The first-order valence-electron chi connectivity index (χ1n) is 6.48. The van der Waals surface area contributed by atoms with Crippen LogP contribution in [0, 0.1) is 5.92 Å². The molecular weight excluding hydrogens is 318 g/mol. The van der Waals surface area contributed by atoms with Crippen LogP contribution in [0.3, 0.4) is 0 Å². The van der Waals surface area contributed by atoms with Gasteiger partial charge in [0.1, 0.15) is 0 Å². The summed E-state index contributed by atoms with van der Waals surface area (Å²) in [5.74, 6) is -0.157. The summed E-state index contributed by atoms with van der Waals surface area (Å²) >= 11 is 3.53. The summed E-state index contributed by atoms with van der Waals surface area (Å²) in [6, 6.07) is 7.92. The fraction of sp³-hybridized carbons (Fsp3) is 0.333. The molecule has 1 aromatic carbocycles. The minimum absolute atomic E-state index is 0.0551. The van der Waals surface area contributed by atoms with Gasteiger partial charge in [-0.3, -0.25) is 9.78 Å². The van der Waals surface area contributed by atoms with Gasteiger partial charge in [-0.25, -0.2) is 0 Å². The van der Waals surface area contributed by atoms with E-state index in [0.29, 0.717) is 13.0 Å². The first-order chi connectivity index (χ1) is 9.54. The van der Waals surface area contributed by atoms with Crippen molar-refractivity contribution in [2.45, 2.75) is 6.42 Å². The van der Waals surface area contributed by atoms with Gasteiger partial charge in [0, 0.05) is 36.7 Å². The van der Waals surface area contributed by atoms with Gasteiger partial charge >= 0.3 is 0 Å². The molecule has 4 nitrogen and oxygen atoms in total. The summed E-state index contributed by atoms with van der Waals surface area (Å²) in [5, 5.41) is 1.05. The molecule has 0 saturated carbocycles. The Morgan fingerprint density at radius 3 is 2.80 bits per heavy atom. The van der Waals surface area contributed by atoms with Crippen LogP contribution in [0.2, 0.25) is 0 Å². The van der Waals surface area contributed by atoms with Crippen LogP contribution >= 0.6 is 15.9 Å². The van der Waals surface area contributed by atoms with Crippen LogP contribution in [-0.4, -0.2) is 36.4 Å². The first kappa shape index (κ1) is 14.9. The Labute approximate surface area is 127 Å². The molecule has 0 aliphatic rings. The van der Waals surface area contributed by atoms with E-state index in [1.54, 1.807) is 25.2 Å². The minimum atomic E-state index is -0.212. The highest BCUT2D eigenvalue weighted by molar-refractivity contribution is 9.10. The third kappa shape index (κ3) is 2.99. The van der Waals surface area contributed by atoms with Crippen molar-refractivity contribution in [2.75, 3.05) is 20.6 Å². The molecule has 0 bridgehead atoms. The summed E-state index contributed by atoms with van der Waals surface area (Å²) in [5.41, 5.74) is 7.73. The largest absolute Gasteiger partial charge is 0.349 e. The second-order valence-electron chi connectivity index (χ2n) is 4.98. The quantitative estimate of drug-likeness (QED) is 0.931. The van der Waals surface area contributed by atoms with Gasteiger partial charge in [0.2, 0.25) is 5.91 Å². The first-order valence-corrected chi connectivity index (χ1v) is 7.27. The number of amides is 1. The van der Waals surface area contributed by atoms with Crippen molar-refractivity contribution in [1.82, 2.24) is 9.88 Å². The number of fused-ring (bicyclic) bond motifs is 1. The van der Waals surface area contributed by atoms with Crippen LogP contribution < -0.4 is 5.73 Å². The number of hydrogen-bond acceptors (Lipinski definition) is 3. The summed E-state index contributed by atoms with van der Waals surface area (Å²) in [7, 11) is 3.51. The van der Waals surface area contributed by atoms with Crippen LogP contribution in [0.25, 0.3) is 10.9 Å². The number of nitrogens with two attached hydrogens (primary N) is 1. The predicted octanol–water partition coefficient (Wildman–Crippen LogP) is 2.20. The van der Waals surface area contributed by atoms with Crippen molar-refractivity contribution in [2.24, 2.45) is 11.7 Å². The van der Waals surface area contributed by atoms with Gasteiger partial charge < -0.3 is 10.6 Å². The Morgan fingerprint density at radius 1 is 1.40 bits per heavy atom. The maximum Gasteiger partial charge on any atom is 0.226 e. The molecule has 1 atom stereocenters. The van der Waals surface area contributed by atoms with Gasteiger partial charge in [-0.05, 0) is 24.1 Å². The normalized spacial score (nSPS) is 12.4. The van der Waals surface area contributed by atoms with Gasteiger partial charge in [0.25, 0.3) is 0 Å². The van der Waals surface area contributed by atoms with E-state index >= 15 is 0 Å². The number of carbonyl (C=O) groups excluding carboxylic acids is 1. The molecule has 106 valence electrons. The molecule has 0 spiro atoms. The number of pyridine rings is 1. The lowest BCUT2D eigenvalue weighted by Crippen LogP contribution is -2.35.